The number of carbonyl (C=O) groups excluding carboxylic acids is 2. The molecule has 1 N–H and O–H groups in total. The third kappa shape index (κ3) is 4.53. The average molecular weight is 408 g/mol. The van der Waals surface area contributed by atoms with Gasteiger partial charge in [-0.05, 0) is 36.5 Å². The molecule has 1 aromatic rings. The second-order valence-corrected chi connectivity index (χ2v) is 7.83. The molecule has 1 aliphatic heterocycles. The van der Waals surface area contributed by atoms with E-state index in [1.165, 1.54) is 12.1 Å². The number of hydrogen-bond acceptors (Lipinski definition) is 4. The van der Waals surface area contributed by atoms with E-state index >= 15 is 0 Å². The van der Waals surface area contributed by atoms with Crippen molar-refractivity contribution in [2.24, 2.45) is 5.92 Å². The van der Waals surface area contributed by atoms with Crippen LogP contribution in [-0.2, 0) is 11.3 Å². The lowest BCUT2D eigenvalue weighted by atomic mass is 9.73. The van der Waals surface area contributed by atoms with Gasteiger partial charge in [0.2, 0.25) is 0 Å². The molecule has 2 atom stereocenters. The lowest BCUT2D eigenvalue weighted by Gasteiger charge is -2.37. The molecule has 1 aromatic carbocycles. The summed E-state index contributed by atoms with van der Waals surface area (Å²) in [5.74, 6) is -0.506. The number of urea groups is 1. The van der Waals surface area contributed by atoms with E-state index in [0.717, 1.165) is 29.1 Å². The number of nitriles is 1. The number of nitrogens with one attached hydrogen (secondary N) is 1. The fraction of sp³-hybridized carbons (Fsp3) is 0.550. The van der Waals surface area contributed by atoms with Crippen LogP contribution in [-0.4, -0.2) is 46.7 Å². The van der Waals surface area contributed by atoms with Crippen LogP contribution in [0.25, 0.3) is 0 Å². The van der Waals surface area contributed by atoms with Gasteiger partial charge < -0.3 is 5.32 Å². The maximum absolute atomic E-state index is 13.1. The molecule has 1 saturated heterocycles. The van der Waals surface area contributed by atoms with E-state index in [4.69, 9.17) is 5.26 Å². The fourth-order valence-electron chi connectivity index (χ4n) is 4.18. The zero-order valence-corrected chi connectivity index (χ0v) is 16.1. The number of benzene rings is 1. The summed E-state index contributed by atoms with van der Waals surface area (Å²) in [6, 6.07) is 7.49. The van der Waals surface area contributed by atoms with Crippen molar-refractivity contribution in [3.05, 3.63) is 35.4 Å². The van der Waals surface area contributed by atoms with Crippen molar-refractivity contribution < 1.29 is 22.8 Å². The van der Waals surface area contributed by atoms with Crippen LogP contribution in [0, 0.1) is 17.2 Å². The highest BCUT2D eigenvalue weighted by atomic mass is 19.4. The summed E-state index contributed by atoms with van der Waals surface area (Å²) in [6.07, 6.45) is -1.43. The monoisotopic (exact) mass is 408 g/mol. The molecule has 1 spiro atoms. The summed E-state index contributed by atoms with van der Waals surface area (Å²) in [5.41, 5.74) is -0.0484. The Kier molecular flexibility index (Phi) is 5.85. The summed E-state index contributed by atoms with van der Waals surface area (Å²) < 4.78 is 39.4. The first-order chi connectivity index (χ1) is 13.6. The molecule has 2 aliphatic rings. The second kappa shape index (κ2) is 8.03. The van der Waals surface area contributed by atoms with E-state index in [-0.39, 0.29) is 12.5 Å². The van der Waals surface area contributed by atoms with Crippen LogP contribution in [0.15, 0.2) is 24.3 Å². The van der Waals surface area contributed by atoms with E-state index in [1.54, 1.807) is 12.1 Å². The zero-order chi connectivity index (χ0) is 21.2. The first-order valence-electron chi connectivity index (χ1n) is 9.57. The molecule has 3 rings (SSSR count). The molecule has 1 aliphatic carbocycles. The summed E-state index contributed by atoms with van der Waals surface area (Å²) in [6.45, 7) is 0.0845. The van der Waals surface area contributed by atoms with E-state index in [2.05, 4.69) is 5.32 Å². The van der Waals surface area contributed by atoms with Crippen LogP contribution in [0.5, 0.6) is 0 Å². The van der Waals surface area contributed by atoms with Gasteiger partial charge in [0.15, 0.2) is 0 Å². The maximum Gasteiger partial charge on any atom is 0.401 e. The fourth-order valence-corrected chi connectivity index (χ4v) is 4.18. The third-order valence-electron chi connectivity index (χ3n) is 5.73. The Morgan fingerprint density at radius 2 is 1.97 bits per heavy atom. The zero-order valence-electron chi connectivity index (χ0n) is 16.1. The minimum Gasteiger partial charge on any atom is -0.323 e. The SMILES string of the molecule is C[C@@H]1CCCC[C@@]12NC(=O)N(CN(Cc1ccc(C#N)cc1)CC(F)(F)F)C2=O. The molecule has 0 bridgehead atoms. The van der Waals surface area contributed by atoms with Crippen molar-refractivity contribution in [1.29, 1.82) is 5.26 Å². The van der Waals surface area contributed by atoms with Gasteiger partial charge in [-0.2, -0.15) is 18.4 Å². The Hall–Kier alpha value is -2.60. The average Bonchev–Trinajstić information content (AvgIpc) is 2.88. The quantitative estimate of drug-likeness (QED) is 0.758. The molecule has 29 heavy (non-hydrogen) atoms. The molecule has 0 radical (unpaired) electrons. The summed E-state index contributed by atoms with van der Waals surface area (Å²) in [7, 11) is 0. The molecule has 1 heterocycles. The lowest BCUT2D eigenvalue weighted by Crippen LogP contribution is -2.54. The van der Waals surface area contributed by atoms with Gasteiger partial charge in [-0.15, -0.1) is 0 Å². The highest BCUT2D eigenvalue weighted by molar-refractivity contribution is 6.07. The van der Waals surface area contributed by atoms with Crippen LogP contribution >= 0.6 is 0 Å². The minimum absolute atomic E-state index is 0.0627. The maximum atomic E-state index is 13.1. The molecule has 2 fully saturated rings. The molecule has 0 unspecified atom stereocenters. The predicted octanol–water partition coefficient (Wildman–Crippen LogP) is 3.38. The molecule has 156 valence electrons. The van der Waals surface area contributed by atoms with Crippen molar-refractivity contribution in [3.8, 4) is 6.07 Å². The van der Waals surface area contributed by atoms with Gasteiger partial charge in [0.1, 0.15) is 5.54 Å². The van der Waals surface area contributed by atoms with Gasteiger partial charge in [-0.3, -0.25) is 9.69 Å². The molecule has 6 nitrogen and oxygen atoms in total. The summed E-state index contributed by atoms with van der Waals surface area (Å²) in [5, 5.41) is 11.6. The normalized spacial score (nSPS) is 24.8. The molecule has 3 amide bonds. The summed E-state index contributed by atoms with van der Waals surface area (Å²) in [4.78, 5) is 27.4. The van der Waals surface area contributed by atoms with E-state index < -0.39 is 36.9 Å². The van der Waals surface area contributed by atoms with Crippen LogP contribution in [0.1, 0.15) is 43.7 Å². The van der Waals surface area contributed by atoms with Gasteiger partial charge in [0.25, 0.3) is 5.91 Å². The van der Waals surface area contributed by atoms with Gasteiger partial charge in [0.05, 0.1) is 24.8 Å². The highest BCUT2D eigenvalue weighted by Crippen LogP contribution is 2.38. The third-order valence-corrected chi connectivity index (χ3v) is 5.73. The van der Waals surface area contributed by atoms with Crippen LogP contribution < -0.4 is 5.32 Å². The lowest BCUT2D eigenvalue weighted by molar-refractivity contribution is -0.154. The van der Waals surface area contributed by atoms with E-state index in [9.17, 15) is 22.8 Å². The number of nitrogens with zero attached hydrogens (tertiary/aromatic N) is 3. The number of amides is 3. The molecular formula is C20H23F3N4O2. The first-order valence-corrected chi connectivity index (χ1v) is 9.57. The Labute approximate surface area is 167 Å². The van der Waals surface area contributed by atoms with Crippen LogP contribution in [0.2, 0.25) is 0 Å². The number of carbonyl (C=O) groups is 2. The second-order valence-electron chi connectivity index (χ2n) is 7.83. The molecule has 0 aromatic heterocycles. The van der Waals surface area contributed by atoms with E-state index in [0.29, 0.717) is 17.5 Å². The number of imide groups is 1. The standard InChI is InChI=1S/C20H23F3N4O2/c1-14-4-2-3-9-19(14)17(28)27(18(29)25-19)13-26(12-20(21,22)23)11-16-7-5-15(10-24)6-8-16/h5-8,14H,2-4,9,11-13H2,1H3,(H,25,29)/t14-,19-/m1/s1. The van der Waals surface area contributed by atoms with Crippen molar-refractivity contribution in [3.63, 3.8) is 0 Å². The molecule has 9 heteroatoms. The Morgan fingerprint density at radius 1 is 1.28 bits per heavy atom. The summed E-state index contributed by atoms with van der Waals surface area (Å²) >= 11 is 0. The Bertz CT molecular complexity index is 819. The first kappa shape index (κ1) is 21.1. The smallest absolute Gasteiger partial charge is 0.323 e. The van der Waals surface area contributed by atoms with Gasteiger partial charge in [-0.1, -0.05) is 31.9 Å². The molecule has 1 saturated carbocycles. The number of alkyl halides is 3. The van der Waals surface area contributed by atoms with Gasteiger partial charge >= 0.3 is 12.2 Å². The van der Waals surface area contributed by atoms with Crippen LogP contribution in [0.4, 0.5) is 18.0 Å². The van der Waals surface area contributed by atoms with Gasteiger partial charge in [-0.25, -0.2) is 9.69 Å². The van der Waals surface area contributed by atoms with Gasteiger partial charge in [0, 0.05) is 6.54 Å². The van der Waals surface area contributed by atoms with Crippen molar-refractivity contribution >= 4 is 11.9 Å². The topological polar surface area (TPSA) is 76.4 Å². The molecular weight excluding hydrogens is 385 g/mol. The Balaban J connectivity index is 1.78. The Morgan fingerprint density at radius 3 is 2.55 bits per heavy atom. The van der Waals surface area contributed by atoms with Crippen molar-refractivity contribution in [2.45, 2.75) is 50.9 Å². The van der Waals surface area contributed by atoms with Crippen LogP contribution in [0.3, 0.4) is 0 Å². The number of rotatable bonds is 5. The van der Waals surface area contributed by atoms with Crippen molar-refractivity contribution in [2.75, 3.05) is 13.2 Å². The highest BCUT2D eigenvalue weighted by Gasteiger charge is 2.55. The number of halogens is 3. The number of hydrogen-bond donors (Lipinski definition) is 1. The largest absolute Gasteiger partial charge is 0.401 e. The van der Waals surface area contributed by atoms with E-state index in [1.807, 2.05) is 13.0 Å². The minimum atomic E-state index is -4.48. The van der Waals surface area contributed by atoms with Crippen molar-refractivity contribution in [1.82, 2.24) is 15.1 Å². The predicted molar refractivity (Wildman–Crippen MR) is 98.2 cm³/mol.